The maximum atomic E-state index is 12.3. The average Bonchev–Trinajstić information content (AvgIpc) is 3.14. The molecule has 0 unspecified atom stereocenters. The van der Waals surface area contributed by atoms with Gasteiger partial charge in [0.25, 0.3) is 0 Å². The van der Waals surface area contributed by atoms with Gasteiger partial charge in [0, 0.05) is 29.8 Å². The fourth-order valence-corrected chi connectivity index (χ4v) is 6.63. The first-order chi connectivity index (χ1) is 11.4. The molecule has 0 bridgehead atoms. The summed E-state index contributed by atoms with van der Waals surface area (Å²) in [5.74, 6) is 0.112. The monoisotopic (exact) mass is 362 g/mol. The van der Waals surface area contributed by atoms with Crippen molar-refractivity contribution in [2.24, 2.45) is 5.92 Å². The van der Waals surface area contributed by atoms with Gasteiger partial charge in [-0.25, -0.2) is 13.4 Å². The molecular weight excluding hydrogens is 344 g/mol. The highest BCUT2D eigenvalue weighted by molar-refractivity contribution is 7.91. The maximum Gasteiger partial charge on any atom is 0.229 e. The molecule has 7 heteroatoms. The van der Waals surface area contributed by atoms with Crippen molar-refractivity contribution < 1.29 is 13.2 Å². The summed E-state index contributed by atoms with van der Waals surface area (Å²) in [6.07, 6.45) is 2.88. The number of sulfone groups is 1. The number of rotatable bonds is 3. The Labute approximate surface area is 145 Å². The van der Waals surface area contributed by atoms with E-state index in [1.54, 1.807) is 11.1 Å². The fraction of sp³-hybridized carbons (Fsp3) is 0.412. The summed E-state index contributed by atoms with van der Waals surface area (Å²) >= 11 is 1.48. The van der Waals surface area contributed by atoms with Crippen LogP contribution in [0.3, 0.4) is 0 Å². The molecule has 0 radical (unpaired) electrons. The van der Waals surface area contributed by atoms with Gasteiger partial charge in [-0.2, -0.15) is 0 Å². The lowest BCUT2D eigenvalue weighted by molar-refractivity contribution is -0.117. The molecule has 0 spiro atoms. The van der Waals surface area contributed by atoms with E-state index in [-0.39, 0.29) is 29.4 Å². The molecule has 0 N–H and O–H groups in total. The summed E-state index contributed by atoms with van der Waals surface area (Å²) in [5.41, 5.74) is 2.42. The molecule has 0 saturated carbocycles. The lowest BCUT2D eigenvalue weighted by Crippen LogP contribution is -2.36. The van der Waals surface area contributed by atoms with Crippen LogP contribution >= 0.6 is 11.3 Å². The predicted octanol–water partition coefficient (Wildman–Crippen LogP) is 2.19. The minimum atomic E-state index is -3.03. The van der Waals surface area contributed by atoms with Crippen molar-refractivity contribution in [3.8, 4) is 0 Å². The molecule has 2 aliphatic heterocycles. The van der Waals surface area contributed by atoms with Crippen LogP contribution in [0, 0.1) is 12.8 Å². The average molecular weight is 362 g/mol. The van der Waals surface area contributed by atoms with E-state index in [4.69, 9.17) is 0 Å². The highest BCUT2D eigenvalue weighted by atomic mass is 32.2. The molecule has 2 fully saturated rings. The standard InChI is InChI=1S/C17H18N2O3S2/c1-11-2-4-12(5-3-11)6-14-8-18-17(23-14)19-15-10-24(21,22)9-13(15)7-16(19)20/h2-5,8,13,15H,6-7,9-10H2,1H3/t13-,15-/m0/s1. The van der Waals surface area contributed by atoms with Crippen LogP contribution in [0.4, 0.5) is 5.13 Å². The van der Waals surface area contributed by atoms with E-state index in [1.807, 2.05) is 0 Å². The summed E-state index contributed by atoms with van der Waals surface area (Å²) in [5, 5.41) is 0.631. The van der Waals surface area contributed by atoms with Gasteiger partial charge in [0.15, 0.2) is 15.0 Å². The molecule has 1 aromatic heterocycles. The number of fused-ring (bicyclic) bond motifs is 1. The van der Waals surface area contributed by atoms with Crippen LogP contribution in [0.1, 0.15) is 22.4 Å². The minimum absolute atomic E-state index is 0.00358. The molecule has 3 heterocycles. The molecule has 2 atom stereocenters. The number of carbonyl (C=O) groups is 1. The van der Waals surface area contributed by atoms with E-state index in [9.17, 15) is 13.2 Å². The second kappa shape index (κ2) is 5.67. The summed E-state index contributed by atoms with van der Waals surface area (Å²) in [7, 11) is -3.03. The Hall–Kier alpha value is -1.73. The molecule has 1 aromatic carbocycles. The quantitative estimate of drug-likeness (QED) is 0.839. The highest BCUT2D eigenvalue weighted by Gasteiger charge is 2.50. The van der Waals surface area contributed by atoms with Crippen molar-refractivity contribution >= 4 is 32.2 Å². The van der Waals surface area contributed by atoms with E-state index in [0.717, 1.165) is 11.3 Å². The van der Waals surface area contributed by atoms with Gasteiger partial charge < -0.3 is 0 Å². The van der Waals surface area contributed by atoms with Crippen LogP contribution in [0.25, 0.3) is 0 Å². The van der Waals surface area contributed by atoms with Gasteiger partial charge in [-0.1, -0.05) is 29.8 Å². The fourth-order valence-electron chi connectivity index (χ4n) is 3.54. The van der Waals surface area contributed by atoms with Crippen LogP contribution in [0.15, 0.2) is 30.5 Å². The second-order valence-corrected chi connectivity index (χ2v) is 9.89. The molecule has 0 aliphatic carbocycles. The van der Waals surface area contributed by atoms with Crippen LogP contribution in [-0.4, -0.2) is 36.9 Å². The number of anilines is 1. The van der Waals surface area contributed by atoms with E-state index < -0.39 is 9.84 Å². The minimum Gasteiger partial charge on any atom is -0.284 e. The predicted molar refractivity (Wildman–Crippen MR) is 94.1 cm³/mol. The number of amides is 1. The lowest BCUT2D eigenvalue weighted by atomic mass is 10.1. The zero-order valence-electron chi connectivity index (χ0n) is 13.3. The molecule has 5 nitrogen and oxygen atoms in total. The zero-order chi connectivity index (χ0) is 16.9. The van der Waals surface area contributed by atoms with Crippen molar-refractivity contribution in [1.29, 1.82) is 0 Å². The third-order valence-corrected chi connectivity index (χ3v) is 7.50. The first-order valence-corrected chi connectivity index (χ1v) is 10.6. The Kier molecular flexibility index (Phi) is 3.73. The molecule has 2 aliphatic rings. The summed E-state index contributed by atoms with van der Waals surface area (Å²) in [4.78, 5) is 19.4. The normalized spacial score (nSPS) is 25.2. The van der Waals surface area contributed by atoms with Gasteiger partial charge in [-0.15, -0.1) is 11.3 Å². The maximum absolute atomic E-state index is 12.3. The van der Waals surface area contributed by atoms with E-state index in [0.29, 0.717) is 11.6 Å². The largest absolute Gasteiger partial charge is 0.284 e. The van der Waals surface area contributed by atoms with Gasteiger partial charge in [0.1, 0.15) is 0 Å². The van der Waals surface area contributed by atoms with E-state index in [1.165, 1.54) is 22.5 Å². The summed E-state index contributed by atoms with van der Waals surface area (Å²) in [6.45, 7) is 2.06. The number of aromatic nitrogens is 1. The Morgan fingerprint density at radius 1 is 1.25 bits per heavy atom. The number of hydrogen-bond donors (Lipinski definition) is 0. The van der Waals surface area contributed by atoms with Crippen molar-refractivity contribution in [2.45, 2.75) is 25.8 Å². The first-order valence-electron chi connectivity index (χ1n) is 7.94. The number of benzene rings is 1. The van der Waals surface area contributed by atoms with E-state index in [2.05, 4.69) is 36.2 Å². The zero-order valence-corrected chi connectivity index (χ0v) is 14.9. The second-order valence-electron chi connectivity index (χ2n) is 6.64. The molecule has 2 aromatic rings. The Bertz CT molecular complexity index is 887. The topological polar surface area (TPSA) is 67.3 Å². The van der Waals surface area contributed by atoms with Crippen molar-refractivity contribution in [3.63, 3.8) is 0 Å². The molecule has 126 valence electrons. The SMILES string of the molecule is Cc1ccc(Cc2cnc(N3C(=O)C[C@H]4CS(=O)(=O)C[C@@H]43)s2)cc1. The molecule has 4 rings (SSSR count). The summed E-state index contributed by atoms with van der Waals surface area (Å²) in [6, 6.07) is 8.11. The number of nitrogens with zero attached hydrogens (tertiary/aromatic N) is 2. The first kappa shape index (κ1) is 15.8. The van der Waals surface area contributed by atoms with Gasteiger partial charge in [0.2, 0.25) is 5.91 Å². The lowest BCUT2D eigenvalue weighted by Gasteiger charge is -2.19. The smallest absolute Gasteiger partial charge is 0.229 e. The van der Waals surface area contributed by atoms with Crippen molar-refractivity contribution in [2.75, 3.05) is 16.4 Å². The van der Waals surface area contributed by atoms with Crippen molar-refractivity contribution in [3.05, 3.63) is 46.5 Å². The third kappa shape index (κ3) is 2.86. The summed E-state index contributed by atoms with van der Waals surface area (Å²) < 4.78 is 23.7. The van der Waals surface area contributed by atoms with Gasteiger partial charge in [-0.3, -0.25) is 9.69 Å². The number of thiazole rings is 1. The van der Waals surface area contributed by atoms with Crippen molar-refractivity contribution in [1.82, 2.24) is 4.98 Å². The Morgan fingerprint density at radius 2 is 2.00 bits per heavy atom. The van der Waals surface area contributed by atoms with Gasteiger partial charge in [0.05, 0.1) is 17.5 Å². The molecule has 24 heavy (non-hydrogen) atoms. The van der Waals surface area contributed by atoms with Crippen LogP contribution in [-0.2, 0) is 21.1 Å². The highest BCUT2D eigenvalue weighted by Crippen LogP contribution is 2.38. The number of aryl methyl sites for hydroxylation is 1. The van der Waals surface area contributed by atoms with Gasteiger partial charge in [-0.05, 0) is 12.5 Å². The molecule has 2 saturated heterocycles. The third-order valence-electron chi connectivity index (χ3n) is 4.72. The van der Waals surface area contributed by atoms with Crippen LogP contribution in [0.2, 0.25) is 0 Å². The Balaban J connectivity index is 1.56. The number of carbonyl (C=O) groups excluding carboxylic acids is 1. The van der Waals surface area contributed by atoms with Gasteiger partial charge >= 0.3 is 0 Å². The number of hydrogen-bond acceptors (Lipinski definition) is 5. The molecular formula is C17H18N2O3S2. The van der Waals surface area contributed by atoms with E-state index >= 15 is 0 Å². The molecule has 1 amide bonds. The van der Waals surface area contributed by atoms with Crippen LogP contribution < -0.4 is 4.90 Å². The Morgan fingerprint density at radius 3 is 2.75 bits per heavy atom. The van der Waals surface area contributed by atoms with Crippen LogP contribution in [0.5, 0.6) is 0 Å².